The summed E-state index contributed by atoms with van der Waals surface area (Å²) in [6, 6.07) is 11.0. The third kappa shape index (κ3) is 5.37. The highest BCUT2D eigenvalue weighted by atomic mass is 35.5. The fraction of sp³-hybridized carbons (Fsp3) is 0.229. The van der Waals surface area contributed by atoms with E-state index >= 15 is 0 Å². The number of rotatable bonds is 8. The number of ether oxygens (including phenoxy) is 4. The Morgan fingerprint density at radius 3 is 2.33 bits per heavy atom. The van der Waals surface area contributed by atoms with Crippen molar-refractivity contribution in [1.82, 2.24) is 15.0 Å². The van der Waals surface area contributed by atoms with Crippen LogP contribution in [0.4, 0.5) is 24.5 Å². The summed E-state index contributed by atoms with van der Waals surface area (Å²) in [5.74, 6) is -2.53. The standard InChI is InChI=1S/C35H29ClF3N5O8/c1-49-24-10-19-17(29(50-2)30(24)51-3)9-20(42-19)32(46)40-16-5-6-18-14(7-16)8-21(41-18)33(47)44-13-15(12-36)25-22(44)11-23(45)28-26(25)27(34(48)52-4)31(43-28)35(37,38)39/h5-11,15,41-43,45H,12-13H2,1-4H3,(H,40,46)/t15-/m1/s1. The zero-order chi connectivity index (χ0) is 37.2. The van der Waals surface area contributed by atoms with Gasteiger partial charge in [0.05, 0.1) is 50.7 Å². The number of carbonyl (C=O) groups excluding carboxylic acids is 3. The van der Waals surface area contributed by atoms with Gasteiger partial charge in [0.1, 0.15) is 22.8 Å². The summed E-state index contributed by atoms with van der Waals surface area (Å²) in [5.41, 5.74) is -0.357. The summed E-state index contributed by atoms with van der Waals surface area (Å²) >= 11 is 6.28. The first-order valence-electron chi connectivity index (χ1n) is 15.5. The molecule has 2 amide bonds. The monoisotopic (exact) mass is 739 g/mol. The van der Waals surface area contributed by atoms with E-state index in [9.17, 15) is 32.7 Å². The molecule has 13 nitrogen and oxygen atoms in total. The number of alkyl halides is 4. The van der Waals surface area contributed by atoms with Crippen molar-refractivity contribution < 1.29 is 51.6 Å². The van der Waals surface area contributed by atoms with E-state index in [2.05, 4.69) is 25.0 Å². The fourth-order valence-electron chi connectivity index (χ4n) is 6.80. The van der Waals surface area contributed by atoms with Crippen molar-refractivity contribution in [2.24, 2.45) is 0 Å². The molecule has 0 fully saturated rings. The van der Waals surface area contributed by atoms with E-state index in [-0.39, 0.29) is 46.0 Å². The molecular formula is C35H29ClF3N5O8. The van der Waals surface area contributed by atoms with Gasteiger partial charge in [0.2, 0.25) is 5.75 Å². The summed E-state index contributed by atoms with van der Waals surface area (Å²) in [6.07, 6.45) is -4.99. The predicted molar refractivity (Wildman–Crippen MR) is 186 cm³/mol. The van der Waals surface area contributed by atoms with Gasteiger partial charge in [-0.3, -0.25) is 9.59 Å². The number of amides is 2. The number of H-pyrrole nitrogens is 3. The number of benzene rings is 3. The van der Waals surface area contributed by atoms with Crippen LogP contribution in [0.15, 0.2) is 42.5 Å². The highest BCUT2D eigenvalue weighted by molar-refractivity contribution is 6.20. The van der Waals surface area contributed by atoms with Crippen LogP contribution in [0.3, 0.4) is 0 Å². The van der Waals surface area contributed by atoms with Gasteiger partial charge in [0.15, 0.2) is 11.5 Å². The Morgan fingerprint density at radius 2 is 1.67 bits per heavy atom. The number of aromatic amines is 3. The van der Waals surface area contributed by atoms with E-state index in [4.69, 9.17) is 25.8 Å². The molecule has 17 heteroatoms. The number of phenols is 1. The summed E-state index contributed by atoms with van der Waals surface area (Å²) in [5, 5.41) is 14.6. The van der Waals surface area contributed by atoms with Crippen LogP contribution >= 0.6 is 11.6 Å². The maximum atomic E-state index is 14.0. The summed E-state index contributed by atoms with van der Waals surface area (Å²) in [7, 11) is 5.39. The lowest BCUT2D eigenvalue weighted by Gasteiger charge is -2.17. The van der Waals surface area contributed by atoms with Crippen LogP contribution in [0.5, 0.6) is 23.0 Å². The Bertz CT molecular complexity index is 2450. The average molecular weight is 740 g/mol. The van der Waals surface area contributed by atoms with Crippen molar-refractivity contribution in [3.8, 4) is 23.0 Å². The number of carbonyl (C=O) groups is 3. The lowest BCUT2D eigenvalue weighted by atomic mass is 9.95. The first-order valence-corrected chi connectivity index (χ1v) is 16.1. The first-order chi connectivity index (χ1) is 24.8. The average Bonchev–Trinajstić information content (AvgIpc) is 3.91. The minimum atomic E-state index is -4.99. The Hall–Kier alpha value is -6.03. The smallest absolute Gasteiger partial charge is 0.432 e. The molecule has 7 rings (SSSR count). The zero-order valence-electron chi connectivity index (χ0n) is 27.8. The van der Waals surface area contributed by atoms with E-state index in [1.54, 1.807) is 36.4 Å². The third-order valence-electron chi connectivity index (χ3n) is 9.06. The molecule has 1 atom stereocenters. The van der Waals surface area contributed by atoms with E-state index < -0.39 is 46.9 Å². The van der Waals surface area contributed by atoms with Gasteiger partial charge < -0.3 is 49.2 Å². The van der Waals surface area contributed by atoms with Gasteiger partial charge in [0.25, 0.3) is 11.8 Å². The van der Waals surface area contributed by atoms with Gasteiger partial charge in [-0.25, -0.2) is 4.79 Å². The highest BCUT2D eigenvalue weighted by Gasteiger charge is 2.43. The Kier molecular flexibility index (Phi) is 8.36. The van der Waals surface area contributed by atoms with E-state index in [1.807, 2.05) is 0 Å². The van der Waals surface area contributed by atoms with Crippen molar-refractivity contribution in [3.05, 3.63) is 70.7 Å². The molecule has 0 aliphatic carbocycles. The SMILES string of the molecule is COC(=O)c1c(C(F)(F)F)[nH]c2c(O)cc3c(c12)[C@H](CCl)CN3C(=O)c1cc2cc(NC(=O)c3cc4c(OC)c(OC)c(OC)cc4[nH]3)ccc2[nH]1. The number of aromatic hydroxyl groups is 1. The van der Waals surface area contributed by atoms with Gasteiger partial charge in [-0.2, -0.15) is 13.2 Å². The topological polar surface area (TPSA) is 171 Å². The molecular weight excluding hydrogens is 711 g/mol. The van der Waals surface area contributed by atoms with Gasteiger partial charge in [-0.05, 0) is 35.9 Å². The maximum absolute atomic E-state index is 14.0. The van der Waals surface area contributed by atoms with Crippen LogP contribution < -0.4 is 24.4 Å². The van der Waals surface area contributed by atoms with Crippen LogP contribution in [-0.2, 0) is 10.9 Å². The Balaban J connectivity index is 1.21. The van der Waals surface area contributed by atoms with Gasteiger partial charge in [-0.15, -0.1) is 11.6 Å². The van der Waals surface area contributed by atoms with Gasteiger partial charge in [-0.1, -0.05) is 0 Å². The predicted octanol–water partition coefficient (Wildman–Crippen LogP) is 6.90. The van der Waals surface area contributed by atoms with Gasteiger partial charge in [0, 0.05) is 57.8 Å². The molecule has 3 aromatic carbocycles. The second kappa shape index (κ2) is 12.6. The molecule has 5 N–H and O–H groups in total. The molecule has 4 heterocycles. The quantitative estimate of drug-likeness (QED) is 0.0829. The molecule has 1 aliphatic heterocycles. The first kappa shape index (κ1) is 34.4. The molecule has 6 aromatic rings. The number of aromatic nitrogens is 3. The van der Waals surface area contributed by atoms with Crippen LogP contribution in [0, 0.1) is 0 Å². The molecule has 0 saturated carbocycles. The molecule has 0 radical (unpaired) electrons. The van der Waals surface area contributed by atoms with Gasteiger partial charge >= 0.3 is 12.1 Å². The van der Waals surface area contributed by atoms with E-state index in [0.29, 0.717) is 44.7 Å². The minimum Gasteiger partial charge on any atom is -0.506 e. The van der Waals surface area contributed by atoms with Crippen molar-refractivity contribution >= 4 is 73.5 Å². The third-order valence-corrected chi connectivity index (χ3v) is 9.43. The van der Waals surface area contributed by atoms with E-state index in [1.165, 1.54) is 32.3 Å². The molecule has 0 spiro atoms. The zero-order valence-corrected chi connectivity index (χ0v) is 28.6. The van der Waals surface area contributed by atoms with Crippen LogP contribution in [-0.4, -0.2) is 78.7 Å². The molecule has 1 aliphatic rings. The normalized spacial score (nSPS) is 14.2. The van der Waals surface area contributed by atoms with Crippen molar-refractivity contribution in [1.29, 1.82) is 0 Å². The number of methoxy groups -OCH3 is 4. The second-order valence-corrected chi connectivity index (χ2v) is 12.2. The molecule has 270 valence electrons. The number of esters is 1. The number of anilines is 2. The molecule has 0 unspecified atom stereocenters. The minimum absolute atomic E-state index is 0.0485. The fourth-order valence-corrected chi connectivity index (χ4v) is 7.05. The Labute approximate surface area is 296 Å². The van der Waals surface area contributed by atoms with Crippen LogP contribution in [0.1, 0.15) is 48.5 Å². The number of hydrogen-bond donors (Lipinski definition) is 5. The number of fused-ring (bicyclic) bond motifs is 5. The maximum Gasteiger partial charge on any atom is 0.432 e. The van der Waals surface area contributed by atoms with Crippen molar-refractivity contribution in [2.45, 2.75) is 12.1 Å². The summed E-state index contributed by atoms with van der Waals surface area (Å²) < 4.78 is 63.1. The van der Waals surface area contributed by atoms with Crippen LogP contribution in [0.25, 0.3) is 32.7 Å². The molecule has 3 aromatic heterocycles. The molecule has 52 heavy (non-hydrogen) atoms. The molecule has 0 bridgehead atoms. The lowest BCUT2D eigenvalue weighted by molar-refractivity contribution is -0.141. The number of hydrogen-bond acceptors (Lipinski definition) is 8. The van der Waals surface area contributed by atoms with Crippen LogP contribution in [0.2, 0.25) is 0 Å². The molecule has 0 saturated heterocycles. The number of nitrogens with zero attached hydrogens (tertiary/aromatic N) is 1. The number of nitrogens with one attached hydrogen (secondary N) is 4. The van der Waals surface area contributed by atoms with E-state index in [0.717, 1.165) is 7.11 Å². The van der Waals surface area contributed by atoms with Crippen molar-refractivity contribution in [3.63, 3.8) is 0 Å². The number of phenolic OH excluding ortho intramolecular Hbond substituents is 1. The second-order valence-electron chi connectivity index (χ2n) is 11.9. The largest absolute Gasteiger partial charge is 0.506 e. The number of halogens is 4. The summed E-state index contributed by atoms with van der Waals surface area (Å²) in [6.45, 7) is -0.0485. The highest BCUT2D eigenvalue weighted by Crippen LogP contribution is 2.49. The summed E-state index contributed by atoms with van der Waals surface area (Å²) in [4.78, 5) is 49.5. The lowest BCUT2D eigenvalue weighted by Crippen LogP contribution is -2.30. The van der Waals surface area contributed by atoms with Crippen molar-refractivity contribution in [2.75, 3.05) is 51.1 Å². The Morgan fingerprint density at radius 1 is 0.942 bits per heavy atom.